The van der Waals surface area contributed by atoms with E-state index in [4.69, 9.17) is 4.74 Å². The molecule has 2 fully saturated rings. The number of carbonyl (C=O) groups is 2. The molecule has 2 heterocycles. The van der Waals surface area contributed by atoms with Crippen LogP contribution >= 0.6 is 0 Å². The van der Waals surface area contributed by atoms with Crippen LogP contribution in [-0.4, -0.2) is 11.9 Å². The van der Waals surface area contributed by atoms with Crippen molar-refractivity contribution in [2.45, 2.75) is 12.1 Å². The van der Waals surface area contributed by atoms with Crippen molar-refractivity contribution < 1.29 is 14.3 Å². The van der Waals surface area contributed by atoms with Crippen molar-refractivity contribution in [2.24, 2.45) is 11.8 Å². The lowest BCUT2D eigenvalue weighted by molar-refractivity contribution is -0.154. The van der Waals surface area contributed by atoms with Gasteiger partial charge in [0.15, 0.2) is 0 Å². The Morgan fingerprint density at radius 3 is 1.39 bits per heavy atom. The van der Waals surface area contributed by atoms with E-state index in [0.717, 1.165) is 16.8 Å². The van der Waals surface area contributed by atoms with Gasteiger partial charge in [-0.2, -0.15) is 0 Å². The second-order valence-electron chi connectivity index (χ2n) is 7.25. The van der Waals surface area contributed by atoms with Crippen molar-refractivity contribution in [2.75, 3.05) is 4.90 Å². The minimum absolute atomic E-state index is 0.266. The van der Waals surface area contributed by atoms with Crippen LogP contribution in [0.25, 0.3) is 0 Å². The minimum Gasteiger partial charge on any atom is -0.393 e. The normalized spacial score (nSPS) is 26.2. The fourth-order valence-electron chi connectivity index (χ4n) is 4.66. The zero-order valence-electron chi connectivity index (χ0n) is 15.1. The van der Waals surface area contributed by atoms with Crippen molar-refractivity contribution in [3.63, 3.8) is 0 Å². The highest BCUT2D eigenvalue weighted by Gasteiger charge is 2.61. The Kier molecular flexibility index (Phi) is 3.97. The average Bonchev–Trinajstić information content (AvgIpc) is 3.25. The first kappa shape index (κ1) is 16.8. The third-order valence-corrected chi connectivity index (χ3v) is 5.75. The number of fused-ring (bicyclic) bond motifs is 1. The molecule has 2 unspecified atom stereocenters. The number of anilines is 1. The molecule has 0 amide bonds. The summed E-state index contributed by atoms with van der Waals surface area (Å²) in [6.07, 6.45) is 0. The third kappa shape index (κ3) is 2.53. The Morgan fingerprint density at radius 1 is 0.571 bits per heavy atom. The number of ether oxygens (including phenoxy) is 1. The van der Waals surface area contributed by atoms with Crippen LogP contribution in [0.5, 0.6) is 0 Å². The maximum absolute atomic E-state index is 12.7. The molecule has 4 heteroatoms. The molecule has 2 aliphatic heterocycles. The lowest BCUT2D eigenvalue weighted by Crippen LogP contribution is -2.31. The van der Waals surface area contributed by atoms with Gasteiger partial charge in [-0.3, -0.25) is 9.59 Å². The summed E-state index contributed by atoms with van der Waals surface area (Å²) in [7, 11) is 0. The predicted molar refractivity (Wildman–Crippen MR) is 105 cm³/mol. The van der Waals surface area contributed by atoms with Gasteiger partial charge in [-0.1, -0.05) is 78.9 Å². The van der Waals surface area contributed by atoms with Crippen LogP contribution in [0.4, 0.5) is 5.69 Å². The van der Waals surface area contributed by atoms with E-state index in [1.807, 2.05) is 91.0 Å². The van der Waals surface area contributed by atoms with Crippen molar-refractivity contribution >= 4 is 17.6 Å². The number of para-hydroxylation sites is 1. The number of nitrogens with zero attached hydrogens (tertiary/aromatic N) is 1. The van der Waals surface area contributed by atoms with Gasteiger partial charge in [0.25, 0.3) is 0 Å². The van der Waals surface area contributed by atoms with Crippen LogP contribution in [0.1, 0.15) is 23.2 Å². The Hall–Kier alpha value is -3.40. The molecule has 0 spiro atoms. The van der Waals surface area contributed by atoms with Crippen molar-refractivity contribution in [3.8, 4) is 0 Å². The number of rotatable bonds is 3. The molecule has 4 atom stereocenters. The fourth-order valence-corrected chi connectivity index (χ4v) is 4.66. The summed E-state index contributed by atoms with van der Waals surface area (Å²) in [5.74, 6) is -1.91. The molecular weight excluding hydrogens is 350 g/mol. The average molecular weight is 369 g/mol. The summed E-state index contributed by atoms with van der Waals surface area (Å²) < 4.78 is 5.11. The maximum Gasteiger partial charge on any atom is 0.320 e. The molecule has 0 bridgehead atoms. The first-order valence-corrected chi connectivity index (χ1v) is 9.44. The highest BCUT2D eigenvalue weighted by molar-refractivity contribution is 5.99. The van der Waals surface area contributed by atoms with Crippen LogP contribution in [-0.2, 0) is 14.3 Å². The molecule has 0 radical (unpaired) electrons. The number of carbonyl (C=O) groups excluding carboxylic acids is 2. The first-order valence-electron chi connectivity index (χ1n) is 9.44. The molecular formula is C24H19NO3. The van der Waals surface area contributed by atoms with E-state index in [1.54, 1.807) is 0 Å². The molecule has 5 rings (SSSR count). The van der Waals surface area contributed by atoms with Gasteiger partial charge in [-0.25, -0.2) is 0 Å². The van der Waals surface area contributed by atoms with Gasteiger partial charge >= 0.3 is 11.9 Å². The summed E-state index contributed by atoms with van der Waals surface area (Å²) in [5, 5.41) is 0. The molecule has 0 aliphatic carbocycles. The van der Waals surface area contributed by atoms with Gasteiger partial charge in [-0.15, -0.1) is 0 Å². The quantitative estimate of drug-likeness (QED) is 0.510. The Bertz CT molecular complexity index is 940. The van der Waals surface area contributed by atoms with Crippen molar-refractivity contribution in [1.82, 2.24) is 0 Å². The molecule has 3 aromatic carbocycles. The van der Waals surface area contributed by atoms with E-state index in [0.29, 0.717) is 0 Å². The SMILES string of the molecule is O=C1OC(=O)[C@H]2C(c3ccccc3)N(c3ccccc3)C(c3ccccc3)[C@@H]12. The molecule has 3 aromatic rings. The van der Waals surface area contributed by atoms with E-state index in [9.17, 15) is 9.59 Å². The number of esters is 2. The van der Waals surface area contributed by atoms with Crippen LogP contribution < -0.4 is 4.90 Å². The molecule has 0 saturated carbocycles. The van der Waals surface area contributed by atoms with Crippen LogP contribution in [0, 0.1) is 11.8 Å². The minimum atomic E-state index is -0.527. The van der Waals surface area contributed by atoms with Gasteiger partial charge in [0.2, 0.25) is 0 Å². The van der Waals surface area contributed by atoms with Gasteiger partial charge in [0.05, 0.1) is 23.9 Å². The lowest BCUT2D eigenvalue weighted by Gasteiger charge is -2.34. The van der Waals surface area contributed by atoms with Gasteiger partial charge in [0.1, 0.15) is 0 Å². The number of benzene rings is 3. The van der Waals surface area contributed by atoms with Crippen molar-refractivity contribution in [1.29, 1.82) is 0 Å². The topological polar surface area (TPSA) is 46.6 Å². The van der Waals surface area contributed by atoms with Crippen molar-refractivity contribution in [3.05, 3.63) is 102 Å². The molecule has 28 heavy (non-hydrogen) atoms. The highest BCUT2D eigenvalue weighted by atomic mass is 16.6. The van der Waals surface area contributed by atoms with Gasteiger partial charge in [0, 0.05) is 5.69 Å². The summed E-state index contributed by atoms with van der Waals surface area (Å²) in [6.45, 7) is 0. The molecule has 0 N–H and O–H groups in total. The fraction of sp³-hybridized carbons (Fsp3) is 0.167. The van der Waals surface area contributed by atoms with E-state index in [-0.39, 0.29) is 12.1 Å². The lowest BCUT2D eigenvalue weighted by atomic mass is 9.84. The van der Waals surface area contributed by atoms with E-state index < -0.39 is 23.8 Å². The second-order valence-corrected chi connectivity index (χ2v) is 7.25. The molecule has 0 aromatic heterocycles. The second kappa shape index (κ2) is 6.64. The van der Waals surface area contributed by atoms with Crippen LogP contribution in [0.2, 0.25) is 0 Å². The Balaban J connectivity index is 1.74. The first-order chi connectivity index (χ1) is 13.8. The van der Waals surface area contributed by atoms with Crippen LogP contribution in [0.3, 0.4) is 0 Å². The smallest absolute Gasteiger partial charge is 0.320 e. The maximum atomic E-state index is 12.7. The summed E-state index contributed by atoms with van der Waals surface area (Å²) in [5.41, 5.74) is 3.00. The summed E-state index contributed by atoms with van der Waals surface area (Å²) >= 11 is 0. The monoisotopic (exact) mass is 369 g/mol. The zero-order valence-corrected chi connectivity index (χ0v) is 15.1. The summed E-state index contributed by atoms with van der Waals surface area (Å²) in [6, 6.07) is 29.3. The summed E-state index contributed by atoms with van der Waals surface area (Å²) in [4.78, 5) is 27.7. The molecule has 2 saturated heterocycles. The number of hydrogen-bond acceptors (Lipinski definition) is 4. The standard InChI is InChI=1S/C24H19NO3/c26-23-19-20(24(27)28-23)22(17-12-6-2-7-13-17)25(18-14-8-3-9-15-18)21(19)16-10-4-1-5-11-16/h1-15,19-22H/t19-,20+,21?,22?. The van der Waals surface area contributed by atoms with Crippen LogP contribution in [0.15, 0.2) is 91.0 Å². The Morgan fingerprint density at radius 2 is 0.964 bits per heavy atom. The number of cyclic esters (lactones) is 2. The van der Waals surface area contributed by atoms with E-state index in [2.05, 4.69) is 4.90 Å². The number of hydrogen-bond donors (Lipinski definition) is 0. The third-order valence-electron chi connectivity index (χ3n) is 5.75. The van der Waals surface area contributed by atoms with Gasteiger partial charge in [-0.05, 0) is 23.3 Å². The predicted octanol–water partition coefficient (Wildman–Crippen LogP) is 4.31. The molecule has 4 nitrogen and oxygen atoms in total. The molecule has 2 aliphatic rings. The zero-order chi connectivity index (χ0) is 19.1. The molecule has 138 valence electrons. The Labute approximate surface area is 163 Å². The largest absolute Gasteiger partial charge is 0.393 e. The van der Waals surface area contributed by atoms with E-state index >= 15 is 0 Å². The van der Waals surface area contributed by atoms with Gasteiger partial charge < -0.3 is 9.64 Å². The highest BCUT2D eigenvalue weighted by Crippen LogP contribution is 2.56. The van der Waals surface area contributed by atoms with E-state index in [1.165, 1.54) is 0 Å².